The van der Waals surface area contributed by atoms with Gasteiger partial charge in [-0.05, 0) is 37.7 Å². The molecule has 0 spiro atoms. The van der Waals surface area contributed by atoms with Crippen LogP contribution in [0.3, 0.4) is 0 Å². The molecule has 1 heterocycles. The van der Waals surface area contributed by atoms with Crippen LogP contribution in [0.5, 0.6) is 0 Å². The Bertz CT molecular complexity index is 666. The predicted octanol–water partition coefficient (Wildman–Crippen LogP) is 2.81. The number of nitrogens with zero attached hydrogens (tertiary/aromatic N) is 2. The zero-order valence-corrected chi connectivity index (χ0v) is 15.2. The molecule has 0 atom stereocenters. The molecule has 5 nitrogen and oxygen atoms in total. The van der Waals surface area contributed by atoms with Gasteiger partial charge in [-0.25, -0.2) is 0 Å². The topological polar surface area (TPSA) is 73.2 Å². The van der Waals surface area contributed by atoms with E-state index in [-0.39, 0.29) is 17.9 Å². The molecule has 26 heavy (non-hydrogen) atoms. The molecule has 2 aliphatic rings. The monoisotopic (exact) mass is 353 g/mol. The number of benzene rings is 1. The number of carbonyl (C=O) groups is 2. The molecule has 0 bridgehead atoms. The first-order valence-electron chi connectivity index (χ1n) is 9.67. The van der Waals surface area contributed by atoms with E-state index in [2.05, 4.69) is 11.4 Å². The highest BCUT2D eigenvalue weighted by Crippen LogP contribution is 2.39. The number of hydrogen-bond acceptors (Lipinski definition) is 3. The van der Waals surface area contributed by atoms with E-state index < -0.39 is 5.41 Å². The van der Waals surface area contributed by atoms with Gasteiger partial charge in [0.25, 0.3) is 0 Å². The second kappa shape index (κ2) is 8.35. The largest absolute Gasteiger partial charge is 0.353 e. The molecule has 2 fully saturated rings. The molecule has 1 aromatic rings. The van der Waals surface area contributed by atoms with E-state index in [1.54, 1.807) is 0 Å². The fourth-order valence-corrected chi connectivity index (χ4v) is 4.08. The molecule has 1 aliphatic heterocycles. The Morgan fingerprint density at radius 3 is 2.42 bits per heavy atom. The van der Waals surface area contributed by atoms with Crippen LogP contribution in [0.15, 0.2) is 30.3 Å². The molecule has 0 unspecified atom stereocenters. The molecule has 3 rings (SSSR count). The summed E-state index contributed by atoms with van der Waals surface area (Å²) in [5.74, 6) is 0.0780. The van der Waals surface area contributed by atoms with Gasteiger partial charge in [0.15, 0.2) is 0 Å². The molecule has 1 aliphatic carbocycles. The first kappa shape index (κ1) is 18.4. The van der Waals surface area contributed by atoms with Gasteiger partial charge >= 0.3 is 0 Å². The van der Waals surface area contributed by atoms with Crippen molar-refractivity contribution >= 4 is 11.8 Å². The van der Waals surface area contributed by atoms with Gasteiger partial charge in [0.2, 0.25) is 11.8 Å². The Kier molecular flexibility index (Phi) is 5.92. The van der Waals surface area contributed by atoms with E-state index in [9.17, 15) is 14.9 Å². The van der Waals surface area contributed by atoms with Gasteiger partial charge in [-0.2, -0.15) is 5.26 Å². The second-order valence-electron chi connectivity index (χ2n) is 7.52. The first-order valence-corrected chi connectivity index (χ1v) is 9.67. The number of carbonyl (C=O) groups excluding carboxylic acids is 2. The van der Waals surface area contributed by atoms with Crippen LogP contribution >= 0.6 is 0 Å². The van der Waals surface area contributed by atoms with Crippen molar-refractivity contribution in [3.05, 3.63) is 35.9 Å². The number of nitrogens with one attached hydrogen (secondary N) is 1. The van der Waals surface area contributed by atoms with E-state index >= 15 is 0 Å². The SMILES string of the molecule is N#CC1(C(=O)N2CCC(NC(=O)CCc3ccccc3)CC2)CCCC1. The Morgan fingerprint density at radius 1 is 1.15 bits per heavy atom. The summed E-state index contributed by atoms with van der Waals surface area (Å²) in [6.45, 7) is 1.26. The van der Waals surface area contributed by atoms with Crippen molar-refractivity contribution in [2.75, 3.05) is 13.1 Å². The van der Waals surface area contributed by atoms with Crippen LogP contribution in [0, 0.1) is 16.7 Å². The summed E-state index contributed by atoms with van der Waals surface area (Å²) in [5, 5.41) is 12.6. The zero-order chi connectivity index (χ0) is 18.4. The lowest BCUT2D eigenvalue weighted by molar-refractivity contribution is -0.140. The van der Waals surface area contributed by atoms with Crippen LogP contribution in [0.1, 0.15) is 50.5 Å². The minimum atomic E-state index is -0.786. The summed E-state index contributed by atoms with van der Waals surface area (Å²) in [6, 6.07) is 12.4. The van der Waals surface area contributed by atoms with Crippen molar-refractivity contribution in [1.82, 2.24) is 10.2 Å². The summed E-state index contributed by atoms with van der Waals surface area (Å²) in [6.07, 6.45) is 6.08. The number of hydrogen-bond donors (Lipinski definition) is 1. The van der Waals surface area contributed by atoms with E-state index in [1.165, 1.54) is 5.56 Å². The molecule has 5 heteroatoms. The normalized spacial score (nSPS) is 19.7. The number of rotatable bonds is 5. The summed E-state index contributed by atoms with van der Waals surface area (Å²) in [4.78, 5) is 26.8. The Morgan fingerprint density at radius 2 is 1.81 bits per heavy atom. The zero-order valence-electron chi connectivity index (χ0n) is 15.2. The molecule has 1 saturated carbocycles. The third kappa shape index (κ3) is 4.24. The van der Waals surface area contributed by atoms with Gasteiger partial charge in [0.05, 0.1) is 6.07 Å². The van der Waals surface area contributed by atoms with Crippen LogP contribution in [0.2, 0.25) is 0 Å². The highest BCUT2D eigenvalue weighted by Gasteiger charge is 2.44. The lowest BCUT2D eigenvalue weighted by atomic mass is 9.85. The highest BCUT2D eigenvalue weighted by molar-refractivity contribution is 5.86. The summed E-state index contributed by atoms with van der Waals surface area (Å²) in [5.41, 5.74) is 0.382. The third-order valence-corrected chi connectivity index (χ3v) is 5.71. The Balaban J connectivity index is 1.43. The standard InChI is InChI=1S/C21H27N3O2/c22-16-21(12-4-5-13-21)20(26)24-14-10-18(11-15-24)23-19(25)9-8-17-6-2-1-3-7-17/h1-3,6-7,18H,4-5,8-15H2,(H,23,25). The highest BCUT2D eigenvalue weighted by atomic mass is 16.2. The summed E-state index contributed by atoms with van der Waals surface area (Å²) >= 11 is 0. The van der Waals surface area contributed by atoms with Gasteiger partial charge in [-0.15, -0.1) is 0 Å². The summed E-state index contributed by atoms with van der Waals surface area (Å²) < 4.78 is 0. The summed E-state index contributed by atoms with van der Waals surface area (Å²) in [7, 11) is 0. The van der Waals surface area contributed by atoms with Crippen LogP contribution in [-0.2, 0) is 16.0 Å². The molecule has 0 aromatic heterocycles. The smallest absolute Gasteiger partial charge is 0.243 e. The van der Waals surface area contributed by atoms with Crippen molar-refractivity contribution in [2.45, 2.75) is 57.4 Å². The van der Waals surface area contributed by atoms with Gasteiger partial charge in [-0.1, -0.05) is 43.2 Å². The van der Waals surface area contributed by atoms with Gasteiger partial charge in [0, 0.05) is 25.6 Å². The van der Waals surface area contributed by atoms with Crippen LogP contribution < -0.4 is 5.32 Å². The molecule has 138 valence electrons. The number of piperidine rings is 1. The first-order chi connectivity index (χ1) is 12.6. The average molecular weight is 353 g/mol. The van der Waals surface area contributed by atoms with Crippen LogP contribution in [-0.4, -0.2) is 35.8 Å². The molecule has 1 aromatic carbocycles. The average Bonchev–Trinajstić information content (AvgIpc) is 3.18. The molecule has 2 amide bonds. The maximum atomic E-state index is 12.8. The number of aryl methyl sites for hydroxylation is 1. The van der Waals surface area contributed by atoms with Crippen molar-refractivity contribution in [3.8, 4) is 6.07 Å². The molecular weight excluding hydrogens is 326 g/mol. The van der Waals surface area contributed by atoms with E-state index in [1.807, 2.05) is 35.2 Å². The van der Waals surface area contributed by atoms with Crippen molar-refractivity contribution in [1.29, 1.82) is 5.26 Å². The van der Waals surface area contributed by atoms with E-state index in [4.69, 9.17) is 0 Å². The molecule has 0 radical (unpaired) electrons. The maximum Gasteiger partial charge on any atom is 0.243 e. The van der Waals surface area contributed by atoms with Gasteiger partial charge in [0.1, 0.15) is 5.41 Å². The van der Waals surface area contributed by atoms with E-state index in [0.29, 0.717) is 32.4 Å². The van der Waals surface area contributed by atoms with Crippen molar-refractivity contribution in [2.24, 2.45) is 5.41 Å². The minimum absolute atomic E-state index is 0.00588. The lowest BCUT2D eigenvalue weighted by Gasteiger charge is -2.36. The Hall–Kier alpha value is -2.35. The molecular formula is C21H27N3O2. The number of likely N-dealkylation sites (tertiary alicyclic amines) is 1. The maximum absolute atomic E-state index is 12.8. The lowest BCUT2D eigenvalue weighted by Crippen LogP contribution is -2.50. The third-order valence-electron chi connectivity index (χ3n) is 5.71. The van der Waals surface area contributed by atoms with Crippen LogP contribution in [0.4, 0.5) is 0 Å². The molecule has 1 N–H and O–H groups in total. The van der Waals surface area contributed by atoms with Gasteiger partial charge in [-0.3, -0.25) is 9.59 Å². The van der Waals surface area contributed by atoms with Crippen molar-refractivity contribution in [3.63, 3.8) is 0 Å². The van der Waals surface area contributed by atoms with Gasteiger partial charge < -0.3 is 10.2 Å². The Labute approximate surface area is 155 Å². The predicted molar refractivity (Wildman–Crippen MR) is 99.0 cm³/mol. The quantitative estimate of drug-likeness (QED) is 0.884. The second-order valence-corrected chi connectivity index (χ2v) is 7.52. The van der Waals surface area contributed by atoms with E-state index in [0.717, 1.165) is 32.1 Å². The minimum Gasteiger partial charge on any atom is -0.353 e. The number of nitriles is 1. The number of amides is 2. The molecule has 1 saturated heterocycles. The van der Waals surface area contributed by atoms with Crippen LogP contribution in [0.25, 0.3) is 0 Å². The fourth-order valence-electron chi connectivity index (χ4n) is 4.08. The fraction of sp³-hybridized carbons (Fsp3) is 0.571. The van der Waals surface area contributed by atoms with Crippen molar-refractivity contribution < 1.29 is 9.59 Å².